The van der Waals surface area contributed by atoms with Gasteiger partial charge in [-0.3, -0.25) is 0 Å². The molecule has 1 atom stereocenters. The van der Waals surface area contributed by atoms with Crippen molar-refractivity contribution in [3.05, 3.63) is 36.0 Å². The van der Waals surface area contributed by atoms with Crippen LogP contribution in [0.25, 0.3) is 10.9 Å². The van der Waals surface area contributed by atoms with Crippen molar-refractivity contribution in [3.63, 3.8) is 0 Å². The van der Waals surface area contributed by atoms with E-state index >= 15 is 0 Å². The van der Waals surface area contributed by atoms with Crippen LogP contribution >= 0.6 is 0 Å². The molecule has 1 heterocycles. The molecule has 2 aromatic rings. The van der Waals surface area contributed by atoms with Gasteiger partial charge in [0.2, 0.25) is 0 Å². The molecule has 1 unspecified atom stereocenters. The van der Waals surface area contributed by atoms with Crippen molar-refractivity contribution >= 4 is 10.9 Å². The van der Waals surface area contributed by atoms with E-state index < -0.39 is 0 Å². The first-order valence-corrected chi connectivity index (χ1v) is 8.80. The van der Waals surface area contributed by atoms with Gasteiger partial charge in [-0.2, -0.15) is 0 Å². The minimum atomic E-state index is 0.641. The zero-order valence-electron chi connectivity index (χ0n) is 14.1. The summed E-state index contributed by atoms with van der Waals surface area (Å²) >= 11 is 0. The highest BCUT2D eigenvalue weighted by atomic mass is 15.0. The zero-order valence-corrected chi connectivity index (χ0v) is 14.1. The Balaban J connectivity index is 1.56. The fraction of sp³-hybridized carbons (Fsp3) is 0.579. The van der Waals surface area contributed by atoms with Crippen LogP contribution in [-0.4, -0.2) is 30.7 Å². The van der Waals surface area contributed by atoms with E-state index in [4.69, 9.17) is 0 Å². The summed E-state index contributed by atoms with van der Waals surface area (Å²) in [6.45, 7) is 7.69. The molecule has 22 heavy (non-hydrogen) atoms. The topological polar surface area (TPSA) is 39.8 Å². The fourth-order valence-corrected chi connectivity index (χ4v) is 2.90. The predicted molar refractivity (Wildman–Crippen MR) is 96.5 cm³/mol. The molecule has 0 aliphatic heterocycles. The number of benzene rings is 1. The number of hydrogen-bond acceptors (Lipinski definition) is 2. The van der Waals surface area contributed by atoms with Crippen molar-refractivity contribution in [2.24, 2.45) is 0 Å². The zero-order chi connectivity index (χ0) is 15.6. The number of para-hydroxylation sites is 1. The van der Waals surface area contributed by atoms with Crippen LogP contribution in [0.2, 0.25) is 0 Å². The second-order valence-electron chi connectivity index (χ2n) is 6.21. The number of aromatic amines is 1. The Hall–Kier alpha value is -1.32. The van der Waals surface area contributed by atoms with E-state index in [-0.39, 0.29) is 0 Å². The molecule has 1 aromatic heterocycles. The predicted octanol–water partition coefficient (Wildman–Crippen LogP) is 3.86. The van der Waals surface area contributed by atoms with Crippen molar-refractivity contribution in [2.75, 3.05) is 19.6 Å². The fourth-order valence-electron chi connectivity index (χ4n) is 2.90. The molecule has 0 fully saturated rings. The molecule has 3 nitrogen and oxygen atoms in total. The van der Waals surface area contributed by atoms with Crippen LogP contribution in [0, 0.1) is 0 Å². The molecule has 0 amide bonds. The Labute approximate surface area is 134 Å². The van der Waals surface area contributed by atoms with E-state index in [2.05, 4.69) is 59.9 Å². The third kappa shape index (κ3) is 5.47. The second kappa shape index (κ2) is 9.65. The maximum atomic E-state index is 3.60. The molecule has 3 N–H and O–H groups in total. The van der Waals surface area contributed by atoms with Crippen LogP contribution in [0.1, 0.15) is 45.1 Å². The van der Waals surface area contributed by atoms with Crippen molar-refractivity contribution < 1.29 is 0 Å². The average Bonchev–Trinajstić information content (AvgIpc) is 2.94. The Morgan fingerprint density at radius 3 is 2.82 bits per heavy atom. The molecule has 0 bridgehead atoms. The van der Waals surface area contributed by atoms with Gasteiger partial charge in [-0.1, -0.05) is 44.4 Å². The molecule has 0 spiro atoms. The summed E-state index contributed by atoms with van der Waals surface area (Å²) in [5.74, 6) is 0. The normalized spacial score (nSPS) is 12.8. The summed E-state index contributed by atoms with van der Waals surface area (Å²) in [4.78, 5) is 3.34. The molecule has 0 saturated heterocycles. The molecule has 2 rings (SSSR count). The average molecular weight is 301 g/mol. The van der Waals surface area contributed by atoms with Gasteiger partial charge in [0.25, 0.3) is 0 Å². The molecule has 0 saturated carbocycles. The van der Waals surface area contributed by atoms with E-state index in [0.29, 0.717) is 6.04 Å². The molecule has 0 radical (unpaired) electrons. The number of nitrogens with one attached hydrogen (secondary N) is 3. The van der Waals surface area contributed by atoms with Crippen LogP contribution in [0.3, 0.4) is 0 Å². The van der Waals surface area contributed by atoms with Crippen LogP contribution in [0.5, 0.6) is 0 Å². The van der Waals surface area contributed by atoms with Crippen LogP contribution in [0.4, 0.5) is 0 Å². The number of hydrogen-bond donors (Lipinski definition) is 3. The first-order valence-electron chi connectivity index (χ1n) is 8.80. The molecular formula is C19H31N3. The first-order chi connectivity index (χ1) is 10.8. The number of rotatable bonds is 11. The summed E-state index contributed by atoms with van der Waals surface area (Å²) in [5.41, 5.74) is 2.64. The minimum absolute atomic E-state index is 0.641. The lowest BCUT2D eigenvalue weighted by Gasteiger charge is -2.13. The van der Waals surface area contributed by atoms with Crippen molar-refractivity contribution in [3.8, 4) is 0 Å². The third-order valence-electron chi connectivity index (χ3n) is 4.28. The second-order valence-corrected chi connectivity index (χ2v) is 6.21. The van der Waals surface area contributed by atoms with E-state index in [1.54, 1.807) is 0 Å². The Morgan fingerprint density at radius 1 is 1.09 bits per heavy atom. The van der Waals surface area contributed by atoms with Gasteiger partial charge in [0.1, 0.15) is 0 Å². The summed E-state index contributed by atoms with van der Waals surface area (Å²) in [6.07, 6.45) is 8.52. The number of fused-ring (bicyclic) bond motifs is 1. The Kier molecular flexibility index (Phi) is 7.47. The summed E-state index contributed by atoms with van der Waals surface area (Å²) in [5, 5.41) is 8.48. The van der Waals surface area contributed by atoms with E-state index in [1.165, 1.54) is 42.1 Å². The van der Waals surface area contributed by atoms with Gasteiger partial charge in [0.05, 0.1) is 0 Å². The smallest absolute Gasteiger partial charge is 0.0456 e. The maximum absolute atomic E-state index is 3.60. The van der Waals surface area contributed by atoms with E-state index in [0.717, 1.165) is 26.1 Å². The first kappa shape index (κ1) is 17.0. The molecule has 122 valence electrons. The lowest BCUT2D eigenvalue weighted by atomic mass is 10.1. The molecule has 1 aromatic carbocycles. The largest absolute Gasteiger partial charge is 0.361 e. The van der Waals surface area contributed by atoms with Gasteiger partial charge in [-0.05, 0) is 37.9 Å². The van der Waals surface area contributed by atoms with Crippen molar-refractivity contribution in [2.45, 2.75) is 52.0 Å². The summed E-state index contributed by atoms with van der Waals surface area (Å²) in [7, 11) is 0. The SMILES string of the molecule is CCCCCC(C)NCCNCCc1c[nH]c2ccccc12. The number of aromatic nitrogens is 1. The van der Waals surface area contributed by atoms with Crippen molar-refractivity contribution in [1.82, 2.24) is 15.6 Å². The third-order valence-corrected chi connectivity index (χ3v) is 4.28. The highest BCUT2D eigenvalue weighted by molar-refractivity contribution is 5.83. The molecule has 3 heteroatoms. The standard InChI is InChI=1S/C19H31N3/c1-3-4-5-8-16(2)21-14-13-20-12-11-17-15-22-19-10-7-6-9-18(17)19/h6-7,9-10,15-16,20-22H,3-5,8,11-14H2,1-2H3. The maximum Gasteiger partial charge on any atom is 0.0456 e. The summed E-state index contributed by atoms with van der Waals surface area (Å²) < 4.78 is 0. The highest BCUT2D eigenvalue weighted by Crippen LogP contribution is 2.17. The lowest BCUT2D eigenvalue weighted by Crippen LogP contribution is -2.34. The lowest BCUT2D eigenvalue weighted by molar-refractivity contribution is 0.480. The van der Waals surface area contributed by atoms with E-state index in [1.807, 2.05) is 0 Å². The van der Waals surface area contributed by atoms with E-state index in [9.17, 15) is 0 Å². The van der Waals surface area contributed by atoms with Crippen LogP contribution in [-0.2, 0) is 6.42 Å². The molecule has 0 aliphatic carbocycles. The van der Waals surface area contributed by atoms with Gasteiger partial charge in [0, 0.05) is 36.2 Å². The number of unbranched alkanes of at least 4 members (excludes halogenated alkanes) is 2. The quantitative estimate of drug-likeness (QED) is 0.552. The Morgan fingerprint density at radius 2 is 1.95 bits per heavy atom. The summed E-state index contributed by atoms with van der Waals surface area (Å²) in [6, 6.07) is 9.16. The van der Waals surface area contributed by atoms with Gasteiger partial charge < -0.3 is 15.6 Å². The monoisotopic (exact) mass is 301 g/mol. The molecular weight excluding hydrogens is 270 g/mol. The van der Waals surface area contributed by atoms with Gasteiger partial charge in [-0.25, -0.2) is 0 Å². The minimum Gasteiger partial charge on any atom is -0.361 e. The Bertz CT molecular complexity index is 532. The van der Waals surface area contributed by atoms with Gasteiger partial charge in [0.15, 0.2) is 0 Å². The van der Waals surface area contributed by atoms with Crippen LogP contribution in [0.15, 0.2) is 30.5 Å². The van der Waals surface area contributed by atoms with Crippen LogP contribution < -0.4 is 10.6 Å². The van der Waals surface area contributed by atoms with Gasteiger partial charge in [-0.15, -0.1) is 0 Å². The van der Waals surface area contributed by atoms with Gasteiger partial charge >= 0.3 is 0 Å². The number of H-pyrrole nitrogens is 1. The highest BCUT2D eigenvalue weighted by Gasteiger charge is 2.02. The van der Waals surface area contributed by atoms with Crippen molar-refractivity contribution in [1.29, 1.82) is 0 Å². The molecule has 0 aliphatic rings.